The summed E-state index contributed by atoms with van der Waals surface area (Å²) < 4.78 is 3.77. The molecule has 0 amide bonds. The first kappa shape index (κ1) is 16.5. The zero-order valence-electron chi connectivity index (χ0n) is 14.6. The van der Waals surface area contributed by atoms with Crippen LogP contribution in [0.4, 0.5) is 0 Å². The zero-order chi connectivity index (χ0) is 17.9. The van der Waals surface area contributed by atoms with Gasteiger partial charge in [-0.2, -0.15) is 4.68 Å². The molecule has 2 heterocycles. The van der Waals surface area contributed by atoms with Gasteiger partial charge in [-0.05, 0) is 65.2 Å². The second kappa shape index (κ2) is 7.13. The fourth-order valence-electron chi connectivity index (χ4n) is 2.61. The molecule has 0 aliphatic rings. The highest BCUT2D eigenvalue weighted by Gasteiger charge is 2.10. The molecule has 4 rings (SSSR count). The first-order valence-electron chi connectivity index (χ1n) is 8.27. The molecule has 0 atom stereocenters. The van der Waals surface area contributed by atoms with Gasteiger partial charge in [0.1, 0.15) is 0 Å². The van der Waals surface area contributed by atoms with Crippen LogP contribution in [0.2, 0.25) is 0 Å². The van der Waals surface area contributed by atoms with Gasteiger partial charge in [0.15, 0.2) is 0 Å². The second-order valence-corrected chi connectivity index (χ2v) is 7.01. The summed E-state index contributed by atoms with van der Waals surface area (Å²) in [5, 5.41) is 12.9. The van der Waals surface area contributed by atoms with Crippen molar-refractivity contribution >= 4 is 11.8 Å². The number of benzene rings is 2. The van der Waals surface area contributed by atoms with Crippen LogP contribution >= 0.6 is 11.8 Å². The predicted octanol–water partition coefficient (Wildman–Crippen LogP) is 3.76. The minimum Gasteiger partial charge on any atom is -0.306 e. The van der Waals surface area contributed by atoms with Crippen LogP contribution in [0, 0.1) is 13.8 Å². The minimum atomic E-state index is 0.784. The smallest absolute Gasteiger partial charge is 0.214 e. The summed E-state index contributed by atoms with van der Waals surface area (Å²) in [5.41, 5.74) is 5.78. The number of tetrazole rings is 1. The first-order chi connectivity index (χ1) is 12.7. The average Bonchev–Trinajstić information content (AvgIpc) is 3.34. The lowest BCUT2D eigenvalue weighted by atomic mass is 10.1. The van der Waals surface area contributed by atoms with Gasteiger partial charge in [-0.25, -0.2) is 4.98 Å². The Morgan fingerprint density at radius 1 is 0.962 bits per heavy atom. The van der Waals surface area contributed by atoms with E-state index in [2.05, 4.69) is 70.8 Å². The van der Waals surface area contributed by atoms with E-state index in [1.807, 2.05) is 16.8 Å². The van der Waals surface area contributed by atoms with Crippen molar-refractivity contribution in [2.24, 2.45) is 0 Å². The van der Waals surface area contributed by atoms with Crippen LogP contribution in [0.25, 0.3) is 11.4 Å². The van der Waals surface area contributed by atoms with Gasteiger partial charge in [0.2, 0.25) is 5.16 Å². The molecule has 130 valence electrons. The van der Waals surface area contributed by atoms with E-state index < -0.39 is 0 Å². The Morgan fingerprint density at radius 2 is 1.77 bits per heavy atom. The van der Waals surface area contributed by atoms with Crippen molar-refractivity contribution in [2.45, 2.75) is 24.8 Å². The van der Waals surface area contributed by atoms with Crippen molar-refractivity contribution in [1.82, 2.24) is 29.8 Å². The highest BCUT2D eigenvalue weighted by molar-refractivity contribution is 7.98. The Labute approximate surface area is 155 Å². The number of thioether (sulfide) groups is 1. The third-order valence-corrected chi connectivity index (χ3v) is 5.27. The monoisotopic (exact) mass is 362 g/mol. The molecule has 26 heavy (non-hydrogen) atoms. The van der Waals surface area contributed by atoms with Crippen LogP contribution in [0.15, 0.2) is 66.3 Å². The van der Waals surface area contributed by atoms with Gasteiger partial charge in [-0.1, -0.05) is 30.0 Å². The van der Waals surface area contributed by atoms with Crippen LogP contribution in [-0.2, 0) is 5.75 Å². The molecule has 4 aromatic rings. The molecule has 2 aromatic carbocycles. The van der Waals surface area contributed by atoms with Gasteiger partial charge >= 0.3 is 0 Å². The number of aryl methyl sites for hydroxylation is 2. The standard InChI is InChI=1S/C19H18N6S/c1-14-3-6-18(11-15(14)2)25-19(21-22-23-25)26-12-16-4-7-17(8-5-16)24-10-9-20-13-24/h3-11,13H,12H2,1-2H3. The van der Waals surface area contributed by atoms with E-state index in [1.54, 1.807) is 29.0 Å². The molecule has 0 aliphatic carbocycles. The van der Waals surface area contributed by atoms with Gasteiger partial charge in [0, 0.05) is 23.8 Å². The summed E-state index contributed by atoms with van der Waals surface area (Å²) in [4.78, 5) is 4.08. The van der Waals surface area contributed by atoms with Gasteiger partial charge in [0.05, 0.1) is 12.0 Å². The average molecular weight is 362 g/mol. The molecule has 0 aliphatic heterocycles. The van der Waals surface area contributed by atoms with Gasteiger partial charge in [-0.15, -0.1) is 5.10 Å². The lowest BCUT2D eigenvalue weighted by molar-refractivity contribution is 0.755. The van der Waals surface area contributed by atoms with Crippen LogP contribution in [0.1, 0.15) is 16.7 Å². The summed E-state index contributed by atoms with van der Waals surface area (Å²) in [5.74, 6) is 0.801. The van der Waals surface area contributed by atoms with E-state index in [1.165, 1.54) is 16.7 Å². The van der Waals surface area contributed by atoms with E-state index in [0.717, 1.165) is 22.3 Å². The lowest BCUT2D eigenvalue weighted by Crippen LogP contribution is -2.00. The van der Waals surface area contributed by atoms with Crippen molar-refractivity contribution in [1.29, 1.82) is 0 Å². The Morgan fingerprint density at radius 3 is 2.50 bits per heavy atom. The molecule has 0 saturated carbocycles. The molecule has 6 nitrogen and oxygen atoms in total. The molecule has 0 fully saturated rings. The fourth-order valence-corrected chi connectivity index (χ4v) is 3.46. The Hall–Kier alpha value is -2.93. The number of rotatable bonds is 5. The minimum absolute atomic E-state index is 0.784. The SMILES string of the molecule is Cc1ccc(-n2nnnc2SCc2ccc(-n3ccnc3)cc2)cc1C. The van der Waals surface area contributed by atoms with Crippen molar-refractivity contribution in [2.75, 3.05) is 0 Å². The van der Waals surface area contributed by atoms with E-state index >= 15 is 0 Å². The maximum Gasteiger partial charge on any atom is 0.214 e. The van der Waals surface area contributed by atoms with Crippen molar-refractivity contribution < 1.29 is 0 Å². The number of hydrogen-bond donors (Lipinski definition) is 0. The summed E-state index contributed by atoms with van der Waals surface area (Å²) in [7, 11) is 0. The predicted molar refractivity (Wildman–Crippen MR) is 102 cm³/mol. The Bertz CT molecular complexity index is 1000. The second-order valence-electron chi connectivity index (χ2n) is 6.07. The van der Waals surface area contributed by atoms with E-state index in [4.69, 9.17) is 0 Å². The van der Waals surface area contributed by atoms with Gasteiger partial charge in [-0.3, -0.25) is 0 Å². The van der Waals surface area contributed by atoms with E-state index in [-0.39, 0.29) is 0 Å². The lowest BCUT2D eigenvalue weighted by Gasteiger charge is -2.07. The Kier molecular flexibility index (Phi) is 4.53. The fraction of sp³-hybridized carbons (Fsp3) is 0.158. The highest BCUT2D eigenvalue weighted by atomic mass is 32.2. The Balaban J connectivity index is 1.49. The molecule has 0 radical (unpaired) electrons. The molecule has 0 N–H and O–H groups in total. The molecule has 0 spiro atoms. The van der Waals surface area contributed by atoms with Crippen LogP contribution in [0.3, 0.4) is 0 Å². The van der Waals surface area contributed by atoms with Crippen LogP contribution in [0.5, 0.6) is 0 Å². The van der Waals surface area contributed by atoms with Crippen LogP contribution < -0.4 is 0 Å². The summed E-state index contributed by atoms with van der Waals surface area (Å²) >= 11 is 1.62. The third kappa shape index (κ3) is 3.39. The molecular weight excluding hydrogens is 344 g/mol. The van der Waals surface area contributed by atoms with Crippen molar-refractivity contribution in [3.63, 3.8) is 0 Å². The number of aromatic nitrogens is 6. The zero-order valence-corrected chi connectivity index (χ0v) is 15.4. The molecular formula is C19H18N6S. The third-order valence-electron chi connectivity index (χ3n) is 4.28. The van der Waals surface area contributed by atoms with E-state index in [9.17, 15) is 0 Å². The quantitative estimate of drug-likeness (QED) is 0.506. The molecule has 2 aromatic heterocycles. The van der Waals surface area contributed by atoms with Gasteiger partial charge < -0.3 is 4.57 Å². The van der Waals surface area contributed by atoms with Crippen molar-refractivity contribution in [3.8, 4) is 11.4 Å². The molecule has 7 heteroatoms. The topological polar surface area (TPSA) is 61.4 Å². The summed E-state index contributed by atoms with van der Waals surface area (Å²) in [6.45, 7) is 4.19. The highest BCUT2D eigenvalue weighted by Crippen LogP contribution is 2.24. The maximum atomic E-state index is 4.17. The number of hydrogen-bond acceptors (Lipinski definition) is 5. The maximum absolute atomic E-state index is 4.17. The largest absolute Gasteiger partial charge is 0.306 e. The first-order valence-corrected chi connectivity index (χ1v) is 9.25. The summed E-state index contributed by atoms with van der Waals surface area (Å²) in [6, 6.07) is 14.7. The summed E-state index contributed by atoms with van der Waals surface area (Å²) in [6.07, 6.45) is 5.50. The molecule has 0 bridgehead atoms. The van der Waals surface area contributed by atoms with Crippen molar-refractivity contribution in [3.05, 3.63) is 77.9 Å². The normalized spacial score (nSPS) is 11.0. The van der Waals surface area contributed by atoms with E-state index in [0.29, 0.717) is 0 Å². The molecule has 0 unspecified atom stereocenters. The number of nitrogens with zero attached hydrogens (tertiary/aromatic N) is 6. The number of imidazole rings is 1. The van der Waals surface area contributed by atoms with Crippen LogP contribution in [-0.4, -0.2) is 29.8 Å². The van der Waals surface area contributed by atoms with Gasteiger partial charge in [0.25, 0.3) is 0 Å². The molecule has 0 saturated heterocycles.